The second-order valence-corrected chi connectivity index (χ2v) is 5.28. The molecule has 25 heavy (non-hydrogen) atoms. The molecule has 0 unspecified atom stereocenters. The molecular formula is C16H13F3N4O2. The molecule has 0 bridgehead atoms. The number of hydrogen-bond donors (Lipinski definition) is 3. The van der Waals surface area contributed by atoms with Gasteiger partial charge < -0.3 is 20.8 Å². The minimum Gasteiger partial charge on any atom is -0.406 e. The number of nitrogens with one attached hydrogen (secondary N) is 2. The zero-order valence-corrected chi connectivity index (χ0v) is 12.9. The van der Waals surface area contributed by atoms with Gasteiger partial charge in [-0.2, -0.15) is 0 Å². The van der Waals surface area contributed by atoms with Crippen LogP contribution in [0.5, 0.6) is 5.75 Å². The third-order valence-electron chi connectivity index (χ3n) is 3.52. The molecule has 0 spiro atoms. The summed E-state index contributed by atoms with van der Waals surface area (Å²) in [5.41, 5.74) is 8.12. The second-order valence-electron chi connectivity index (χ2n) is 5.28. The maximum Gasteiger partial charge on any atom is 0.573 e. The Balaban J connectivity index is 1.83. The average Bonchev–Trinajstić information content (AvgIpc) is 2.91. The number of amides is 1. The Bertz CT molecular complexity index is 933. The first kappa shape index (κ1) is 16.6. The number of ether oxygens (including phenoxy) is 1. The largest absolute Gasteiger partial charge is 0.573 e. The van der Waals surface area contributed by atoms with Crippen molar-refractivity contribution < 1.29 is 22.7 Å². The van der Waals surface area contributed by atoms with Gasteiger partial charge in [0.2, 0.25) is 11.9 Å². The third kappa shape index (κ3) is 3.65. The first-order chi connectivity index (χ1) is 11.7. The number of primary amides is 1. The van der Waals surface area contributed by atoms with Crippen LogP contribution in [-0.2, 0) is 0 Å². The van der Waals surface area contributed by atoms with Crippen molar-refractivity contribution in [3.63, 3.8) is 0 Å². The van der Waals surface area contributed by atoms with Crippen LogP contribution in [-0.4, -0.2) is 22.2 Å². The molecule has 0 saturated carbocycles. The van der Waals surface area contributed by atoms with Gasteiger partial charge in [-0.15, -0.1) is 13.2 Å². The summed E-state index contributed by atoms with van der Waals surface area (Å²) in [5, 5.41) is 2.94. The van der Waals surface area contributed by atoms with E-state index in [-0.39, 0.29) is 5.75 Å². The van der Waals surface area contributed by atoms with Gasteiger partial charge >= 0.3 is 6.36 Å². The predicted octanol–water partition coefficient (Wildman–Crippen LogP) is 3.61. The van der Waals surface area contributed by atoms with Crippen molar-refractivity contribution in [2.75, 3.05) is 5.32 Å². The summed E-state index contributed by atoms with van der Waals surface area (Å²) in [5.74, 6) is -0.481. The molecule has 0 radical (unpaired) electrons. The van der Waals surface area contributed by atoms with E-state index >= 15 is 0 Å². The van der Waals surface area contributed by atoms with Crippen molar-refractivity contribution in [1.82, 2.24) is 9.97 Å². The molecule has 3 aromatic rings. The minimum atomic E-state index is -4.73. The molecular weight excluding hydrogens is 337 g/mol. The number of aromatic nitrogens is 2. The van der Waals surface area contributed by atoms with Gasteiger partial charge in [-0.25, -0.2) is 4.98 Å². The van der Waals surface area contributed by atoms with Crippen LogP contribution in [0.2, 0.25) is 0 Å². The van der Waals surface area contributed by atoms with Crippen LogP contribution in [0.15, 0.2) is 36.4 Å². The van der Waals surface area contributed by atoms with Crippen molar-refractivity contribution in [3.05, 3.63) is 47.5 Å². The first-order valence-electron chi connectivity index (χ1n) is 7.15. The maximum atomic E-state index is 12.1. The zero-order chi connectivity index (χ0) is 18.2. The number of benzene rings is 2. The molecule has 1 amide bonds. The molecule has 0 aliphatic rings. The highest BCUT2D eigenvalue weighted by atomic mass is 19.4. The van der Waals surface area contributed by atoms with Crippen LogP contribution in [0.25, 0.3) is 11.0 Å². The summed E-state index contributed by atoms with van der Waals surface area (Å²) in [6.07, 6.45) is -4.73. The molecule has 3 rings (SSSR count). The van der Waals surface area contributed by atoms with Crippen LogP contribution in [0.3, 0.4) is 0 Å². The highest BCUT2D eigenvalue weighted by Gasteiger charge is 2.30. The van der Waals surface area contributed by atoms with Crippen molar-refractivity contribution in [1.29, 1.82) is 0 Å². The van der Waals surface area contributed by atoms with Gasteiger partial charge in [-0.3, -0.25) is 4.79 Å². The zero-order valence-electron chi connectivity index (χ0n) is 12.9. The van der Waals surface area contributed by atoms with E-state index < -0.39 is 12.3 Å². The van der Waals surface area contributed by atoms with E-state index in [1.807, 2.05) is 0 Å². The fourth-order valence-corrected chi connectivity index (χ4v) is 2.42. The molecule has 0 fully saturated rings. The number of carbonyl (C=O) groups is 1. The Morgan fingerprint density at radius 1 is 1.20 bits per heavy atom. The van der Waals surface area contributed by atoms with Gasteiger partial charge in [-0.1, -0.05) is 0 Å². The van der Waals surface area contributed by atoms with Crippen LogP contribution in [0, 0.1) is 6.92 Å². The lowest BCUT2D eigenvalue weighted by molar-refractivity contribution is -0.274. The smallest absolute Gasteiger partial charge is 0.406 e. The SMILES string of the molecule is Cc1c(C(N)=O)ccc2[nH]c(Nc3ccc(OC(F)(F)F)cc3)nc12. The van der Waals surface area contributed by atoms with E-state index in [4.69, 9.17) is 5.73 Å². The molecule has 130 valence electrons. The molecule has 0 aliphatic heterocycles. The van der Waals surface area contributed by atoms with Crippen LogP contribution in [0.1, 0.15) is 15.9 Å². The van der Waals surface area contributed by atoms with Gasteiger partial charge in [0.25, 0.3) is 0 Å². The number of hydrogen-bond acceptors (Lipinski definition) is 4. The number of aryl methyl sites for hydroxylation is 1. The summed E-state index contributed by atoms with van der Waals surface area (Å²) in [4.78, 5) is 18.7. The highest BCUT2D eigenvalue weighted by Crippen LogP contribution is 2.26. The molecule has 9 heteroatoms. The standard InChI is InChI=1S/C16H13F3N4O2/c1-8-11(14(20)24)6-7-12-13(8)23-15(22-12)21-9-2-4-10(5-3-9)25-16(17,18)19/h2-7H,1H3,(H2,20,24)(H2,21,22,23). The number of nitrogens with zero attached hydrogens (tertiary/aromatic N) is 1. The van der Waals surface area contributed by atoms with Crippen molar-refractivity contribution in [2.24, 2.45) is 5.73 Å². The van der Waals surface area contributed by atoms with Gasteiger partial charge in [0.1, 0.15) is 5.75 Å². The summed E-state index contributed by atoms with van der Waals surface area (Å²) in [6, 6.07) is 8.52. The number of fused-ring (bicyclic) bond motifs is 1. The molecule has 6 nitrogen and oxygen atoms in total. The summed E-state index contributed by atoms with van der Waals surface area (Å²) in [6.45, 7) is 1.73. The number of halogens is 3. The van der Waals surface area contributed by atoms with Gasteiger partial charge in [0.15, 0.2) is 0 Å². The molecule has 0 aliphatic carbocycles. The summed E-state index contributed by atoms with van der Waals surface area (Å²) in [7, 11) is 0. The predicted molar refractivity (Wildman–Crippen MR) is 85.8 cm³/mol. The van der Waals surface area contributed by atoms with E-state index in [1.165, 1.54) is 24.3 Å². The van der Waals surface area contributed by atoms with Crippen LogP contribution >= 0.6 is 0 Å². The first-order valence-corrected chi connectivity index (χ1v) is 7.15. The average molecular weight is 350 g/mol. The highest BCUT2D eigenvalue weighted by molar-refractivity contribution is 5.99. The van der Waals surface area contributed by atoms with E-state index in [0.29, 0.717) is 33.8 Å². The van der Waals surface area contributed by atoms with Crippen molar-refractivity contribution in [3.8, 4) is 5.75 Å². The second kappa shape index (κ2) is 6.00. The topological polar surface area (TPSA) is 93.0 Å². The molecule has 1 aromatic heterocycles. The third-order valence-corrected chi connectivity index (χ3v) is 3.52. The number of nitrogens with two attached hydrogens (primary N) is 1. The van der Waals surface area contributed by atoms with E-state index in [1.54, 1.807) is 19.1 Å². The number of carbonyl (C=O) groups excluding carboxylic acids is 1. The Kier molecular flexibility index (Phi) is 3.99. The fourth-order valence-electron chi connectivity index (χ4n) is 2.42. The normalized spacial score (nSPS) is 11.5. The number of alkyl halides is 3. The van der Waals surface area contributed by atoms with E-state index in [2.05, 4.69) is 20.0 Å². The lowest BCUT2D eigenvalue weighted by atomic mass is 10.1. The van der Waals surface area contributed by atoms with Crippen LogP contribution < -0.4 is 15.8 Å². The monoisotopic (exact) mass is 350 g/mol. The molecule has 2 aromatic carbocycles. The Hall–Kier alpha value is -3.23. The number of H-pyrrole nitrogens is 1. The maximum absolute atomic E-state index is 12.1. The lowest BCUT2D eigenvalue weighted by Crippen LogP contribution is -2.16. The molecule has 0 saturated heterocycles. The molecule has 1 heterocycles. The summed E-state index contributed by atoms with van der Waals surface area (Å²) < 4.78 is 40.3. The number of rotatable bonds is 4. The van der Waals surface area contributed by atoms with Gasteiger partial charge in [0.05, 0.1) is 11.0 Å². The minimum absolute atomic E-state index is 0.315. The van der Waals surface area contributed by atoms with Crippen LogP contribution in [0.4, 0.5) is 24.8 Å². The number of anilines is 2. The van der Waals surface area contributed by atoms with Gasteiger partial charge in [-0.05, 0) is 48.9 Å². The van der Waals surface area contributed by atoms with Gasteiger partial charge in [0, 0.05) is 11.3 Å². The lowest BCUT2D eigenvalue weighted by Gasteiger charge is -2.09. The van der Waals surface area contributed by atoms with E-state index in [0.717, 1.165) is 0 Å². The molecule has 4 N–H and O–H groups in total. The summed E-state index contributed by atoms with van der Waals surface area (Å²) >= 11 is 0. The van der Waals surface area contributed by atoms with Crippen molar-refractivity contribution in [2.45, 2.75) is 13.3 Å². The Morgan fingerprint density at radius 3 is 2.48 bits per heavy atom. The van der Waals surface area contributed by atoms with E-state index in [9.17, 15) is 18.0 Å². The Labute approximate surface area is 139 Å². The number of imidazole rings is 1. The Morgan fingerprint density at radius 2 is 1.88 bits per heavy atom. The van der Waals surface area contributed by atoms with Crippen molar-refractivity contribution >= 4 is 28.6 Å². The molecule has 0 atom stereocenters. The fraction of sp³-hybridized carbons (Fsp3) is 0.125. The number of aromatic amines is 1. The quantitative estimate of drug-likeness (QED) is 0.670.